The van der Waals surface area contributed by atoms with Gasteiger partial charge in [0.2, 0.25) is 11.8 Å². The summed E-state index contributed by atoms with van der Waals surface area (Å²) in [5, 5.41) is 6.21. The summed E-state index contributed by atoms with van der Waals surface area (Å²) in [4.78, 5) is 30.8. The number of hydrogen-bond acceptors (Lipinski definition) is 7. The van der Waals surface area contributed by atoms with E-state index in [4.69, 9.17) is 4.52 Å². The standard InChI is InChI=1S/C25H25F3N4O5S/c1-14-29-21(37-31-14)12-24(3,25(26,27)28)17-5-7-18(8-6-17)30-23(34)22-20-10-9-19(38(4,35)36)11-16(20)13-32(22)15(2)33/h5-11,22H,12-13H2,1-4H3,(H,30,34). The number of fused-ring (bicyclic) bond motifs is 1. The number of carbonyl (C=O) groups excluding carboxylic acids is 2. The molecule has 2 aromatic carbocycles. The van der Waals surface area contributed by atoms with Gasteiger partial charge in [0.15, 0.2) is 15.7 Å². The van der Waals surface area contributed by atoms with Crippen LogP contribution >= 0.6 is 0 Å². The fraction of sp³-hybridized carbons (Fsp3) is 0.360. The smallest absolute Gasteiger partial charge is 0.339 e. The lowest BCUT2D eigenvalue weighted by molar-refractivity contribution is -0.186. The average molecular weight is 551 g/mol. The molecule has 4 rings (SSSR count). The van der Waals surface area contributed by atoms with E-state index in [1.165, 1.54) is 61.2 Å². The molecule has 0 aliphatic carbocycles. The van der Waals surface area contributed by atoms with Gasteiger partial charge >= 0.3 is 6.18 Å². The van der Waals surface area contributed by atoms with E-state index in [2.05, 4.69) is 15.5 Å². The first-order valence-corrected chi connectivity index (χ1v) is 13.4. The lowest BCUT2D eigenvalue weighted by Crippen LogP contribution is -2.41. The third-order valence-corrected chi connectivity index (χ3v) is 7.74. The quantitative estimate of drug-likeness (QED) is 0.494. The molecule has 1 aromatic heterocycles. The van der Waals surface area contributed by atoms with Crippen molar-refractivity contribution in [3.63, 3.8) is 0 Å². The van der Waals surface area contributed by atoms with E-state index in [1.54, 1.807) is 0 Å². The summed E-state index contributed by atoms with van der Waals surface area (Å²) in [5.74, 6) is -0.903. The van der Waals surface area contributed by atoms with Gasteiger partial charge in [0.05, 0.1) is 10.3 Å². The number of hydrogen-bond donors (Lipinski definition) is 1. The number of halogens is 3. The molecule has 2 heterocycles. The normalized spacial score (nSPS) is 17.1. The molecule has 38 heavy (non-hydrogen) atoms. The molecule has 0 radical (unpaired) electrons. The maximum absolute atomic E-state index is 14.1. The van der Waals surface area contributed by atoms with Crippen LogP contribution < -0.4 is 5.32 Å². The minimum atomic E-state index is -4.64. The molecule has 1 aliphatic rings. The summed E-state index contributed by atoms with van der Waals surface area (Å²) in [6, 6.07) is 8.48. The Morgan fingerprint density at radius 2 is 1.82 bits per heavy atom. The zero-order valence-electron chi connectivity index (χ0n) is 21.0. The zero-order chi connectivity index (χ0) is 28.0. The highest BCUT2D eigenvalue weighted by Gasteiger charge is 2.53. The van der Waals surface area contributed by atoms with Crippen molar-refractivity contribution in [2.45, 2.75) is 56.3 Å². The second-order valence-corrected chi connectivity index (χ2v) is 11.5. The minimum Gasteiger partial charge on any atom is -0.339 e. The third-order valence-electron chi connectivity index (χ3n) is 6.63. The number of anilines is 1. The van der Waals surface area contributed by atoms with Crippen LogP contribution in [0, 0.1) is 6.92 Å². The van der Waals surface area contributed by atoms with Crippen LogP contribution in [0.25, 0.3) is 0 Å². The van der Waals surface area contributed by atoms with Crippen LogP contribution in [0.3, 0.4) is 0 Å². The van der Waals surface area contributed by atoms with E-state index in [0.717, 1.165) is 13.2 Å². The van der Waals surface area contributed by atoms with Crippen LogP contribution in [-0.4, -0.2) is 47.7 Å². The van der Waals surface area contributed by atoms with Crippen molar-refractivity contribution >= 4 is 27.3 Å². The highest BCUT2D eigenvalue weighted by Crippen LogP contribution is 2.43. The van der Waals surface area contributed by atoms with Crippen molar-refractivity contribution in [1.82, 2.24) is 15.0 Å². The highest BCUT2D eigenvalue weighted by molar-refractivity contribution is 7.90. The zero-order valence-corrected chi connectivity index (χ0v) is 21.8. The SMILES string of the molecule is CC(=O)N1Cc2cc(S(C)(=O)=O)ccc2C1C(=O)Nc1ccc(C(C)(Cc2nc(C)no2)C(F)(F)F)cc1. The summed E-state index contributed by atoms with van der Waals surface area (Å²) in [5.41, 5.74) is -1.18. The number of amides is 2. The number of nitrogens with one attached hydrogen (secondary N) is 1. The number of carbonyl (C=O) groups is 2. The summed E-state index contributed by atoms with van der Waals surface area (Å²) in [7, 11) is -3.49. The Morgan fingerprint density at radius 3 is 2.34 bits per heavy atom. The molecular weight excluding hydrogens is 525 g/mol. The van der Waals surface area contributed by atoms with Crippen LogP contribution in [0.4, 0.5) is 18.9 Å². The second kappa shape index (κ2) is 9.53. The van der Waals surface area contributed by atoms with Crippen molar-refractivity contribution in [2.24, 2.45) is 0 Å². The number of alkyl halides is 3. The van der Waals surface area contributed by atoms with Crippen LogP contribution in [0.1, 0.15) is 48.3 Å². The van der Waals surface area contributed by atoms with Gasteiger partial charge in [0.25, 0.3) is 5.91 Å². The molecule has 0 saturated carbocycles. The first-order chi connectivity index (χ1) is 17.6. The van der Waals surface area contributed by atoms with E-state index in [1.807, 2.05) is 0 Å². The predicted octanol–water partition coefficient (Wildman–Crippen LogP) is 3.89. The van der Waals surface area contributed by atoms with Crippen LogP contribution in [0.5, 0.6) is 0 Å². The number of rotatable bonds is 6. The van der Waals surface area contributed by atoms with Crippen LogP contribution in [-0.2, 0) is 37.8 Å². The second-order valence-electron chi connectivity index (χ2n) is 9.49. The summed E-state index contributed by atoms with van der Waals surface area (Å²) < 4.78 is 71.1. The molecule has 13 heteroatoms. The highest BCUT2D eigenvalue weighted by atomic mass is 32.2. The van der Waals surface area contributed by atoms with Gasteiger partial charge in [-0.1, -0.05) is 23.4 Å². The molecule has 2 unspecified atom stereocenters. The van der Waals surface area contributed by atoms with Gasteiger partial charge in [-0.05, 0) is 54.8 Å². The van der Waals surface area contributed by atoms with Crippen LogP contribution in [0.15, 0.2) is 51.9 Å². The lowest BCUT2D eigenvalue weighted by Gasteiger charge is -2.31. The Kier molecular flexibility index (Phi) is 6.85. The number of nitrogens with zero attached hydrogens (tertiary/aromatic N) is 3. The maximum Gasteiger partial charge on any atom is 0.398 e. The van der Waals surface area contributed by atoms with Crippen molar-refractivity contribution in [3.05, 3.63) is 70.9 Å². The lowest BCUT2D eigenvalue weighted by atomic mass is 9.78. The monoisotopic (exact) mass is 550 g/mol. The molecular formula is C25H25F3N4O5S. The van der Waals surface area contributed by atoms with E-state index < -0.39 is 45.7 Å². The summed E-state index contributed by atoms with van der Waals surface area (Å²) in [6.07, 6.45) is -4.14. The first-order valence-electron chi connectivity index (χ1n) is 11.5. The predicted molar refractivity (Wildman–Crippen MR) is 130 cm³/mol. The number of benzene rings is 2. The van der Waals surface area contributed by atoms with Crippen molar-refractivity contribution < 1.29 is 35.7 Å². The fourth-order valence-electron chi connectivity index (χ4n) is 4.45. The largest absolute Gasteiger partial charge is 0.398 e. The number of aryl methyl sites for hydroxylation is 1. The molecule has 202 valence electrons. The van der Waals surface area contributed by atoms with Crippen molar-refractivity contribution in [2.75, 3.05) is 11.6 Å². The molecule has 2 atom stereocenters. The Morgan fingerprint density at radius 1 is 1.16 bits per heavy atom. The number of aromatic nitrogens is 2. The Hall–Kier alpha value is -3.74. The van der Waals surface area contributed by atoms with Gasteiger partial charge in [-0.3, -0.25) is 9.59 Å². The molecule has 2 amide bonds. The van der Waals surface area contributed by atoms with Gasteiger partial charge in [-0.2, -0.15) is 18.2 Å². The Bertz CT molecular complexity index is 1500. The van der Waals surface area contributed by atoms with Gasteiger partial charge in [0.1, 0.15) is 6.04 Å². The molecule has 0 saturated heterocycles. The molecule has 3 aromatic rings. The summed E-state index contributed by atoms with van der Waals surface area (Å²) in [6.45, 7) is 3.88. The molecule has 0 fully saturated rings. The fourth-order valence-corrected chi connectivity index (χ4v) is 5.12. The van der Waals surface area contributed by atoms with Crippen molar-refractivity contribution in [1.29, 1.82) is 0 Å². The molecule has 1 aliphatic heterocycles. The van der Waals surface area contributed by atoms with E-state index in [0.29, 0.717) is 11.1 Å². The van der Waals surface area contributed by atoms with Gasteiger partial charge < -0.3 is 14.7 Å². The van der Waals surface area contributed by atoms with Crippen molar-refractivity contribution in [3.8, 4) is 0 Å². The molecule has 1 N–H and O–H groups in total. The Balaban J connectivity index is 1.59. The van der Waals surface area contributed by atoms with Crippen LogP contribution in [0.2, 0.25) is 0 Å². The topological polar surface area (TPSA) is 122 Å². The maximum atomic E-state index is 14.1. The third kappa shape index (κ3) is 5.15. The molecule has 9 nitrogen and oxygen atoms in total. The molecule has 0 spiro atoms. The van der Waals surface area contributed by atoms with E-state index in [9.17, 15) is 31.2 Å². The van der Waals surface area contributed by atoms with Gasteiger partial charge in [-0.15, -0.1) is 0 Å². The minimum absolute atomic E-state index is 0.0458. The van der Waals surface area contributed by atoms with E-state index >= 15 is 0 Å². The van der Waals surface area contributed by atoms with Gasteiger partial charge in [-0.25, -0.2) is 8.42 Å². The molecule has 0 bridgehead atoms. The van der Waals surface area contributed by atoms with Gasteiger partial charge in [0, 0.05) is 31.8 Å². The summed E-state index contributed by atoms with van der Waals surface area (Å²) >= 11 is 0. The van der Waals surface area contributed by atoms with E-state index in [-0.39, 0.29) is 34.4 Å². The number of sulfone groups is 1. The average Bonchev–Trinajstić information content (AvgIpc) is 3.40. The Labute approximate surface area is 216 Å². The first kappa shape index (κ1) is 27.3.